The molecule has 152 valence electrons. The van der Waals surface area contributed by atoms with Crippen molar-refractivity contribution in [3.63, 3.8) is 0 Å². The molecule has 0 unspecified atom stereocenters. The topological polar surface area (TPSA) is 39.8 Å². The van der Waals surface area contributed by atoms with Gasteiger partial charge in [-0.1, -0.05) is 48.5 Å². The van der Waals surface area contributed by atoms with Crippen molar-refractivity contribution in [3.05, 3.63) is 106 Å². The van der Waals surface area contributed by atoms with E-state index in [1.807, 2.05) is 60.7 Å². The molecule has 0 radical (unpaired) electrons. The van der Waals surface area contributed by atoms with Crippen LogP contribution in [0.3, 0.4) is 0 Å². The quantitative estimate of drug-likeness (QED) is 0.377. The molecule has 0 saturated carbocycles. The van der Waals surface area contributed by atoms with Gasteiger partial charge in [0.25, 0.3) is 5.56 Å². The number of aromatic nitrogens is 3. The van der Waals surface area contributed by atoms with Crippen molar-refractivity contribution in [2.24, 2.45) is 0 Å². The molecule has 5 aromatic rings. The van der Waals surface area contributed by atoms with Crippen LogP contribution >= 0.6 is 0 Å². The molecule has 0 aliphatic heterocycles. The Morgan fingerprint density at radius 1 is 0.839 bits per heavy atom. The molecule has 2 heterocycles. The van der Waals surface area contributed by atoms with Crippen molar-refractivity contribution >= 4 is 34.0 Å². The van der Waals surface area contributed by atoms with Crippen molar-refractivity contribution in [3.8, 4) is 5.69 Å². The summed E-state index contributed by atoms with van der Waals surface area (Å²) in [6, 6.07) is 25.6. The van der Waals surface area contributed by atoms with Crippen LogP contribution in [0.15, 0.2) is 83.7 Å². The van der Waals surface area contributed by atoms with Crippen LogP contribution in [0, 0.1) is 6.92 Å². The predicted molar refractivity (Wildman–Crippen MR) is 129 cm³/mol. The molecule has 0 spiro atoms. The van der Waals surface area contributed by atoms with E-state index < -0.39 is 0 Å². The Labute approximate surface area is 180 Å². The normalized spacial score (nSPS) is 11.7. The molecule has 4 heteroatoms. The smallest absolute Gasteiger partial charge is 0.266 e. The monoisotopic (exact) mass is 405 g/mol. The first kappa shape index (κ1) is 19.1. The maximum absolute atomic E-state index is 13.4. The fourth-order valence-electron chi connectivity index (χ4n) is 4.32. The number of hydrogen-bond acceptors (Lipinski definition) is 2. The van der Waals surface area contributed by atoms with E-state index in [0.29, 0.717) is 16.7 Å². The number of rotatable bonds is 4. The van der Waals surface area contributed by atoms with E-state index in [2.05, 4.69) is 48.8 Å². The molecule has 3 aromatic carbocycles. The van der Waals surface area contributed by atoms with Crippen LogP contribution < -0.4 is 5.56 Å². The third kappa shape index (κ3) is 3.17. The standard InChI is InChI=1S/C27H23N3O/c1-3-29-19(2)21(22-13-8-10-16-25(22)29)17-18-26-28-24-15-9-7-14-23(24)27(31)30(26)20-11-5-4-6-12-20/h4-18H,3H2,1-2H3. The van der Waals surface area contributed by atoms with E-state index in [9.17, 15) is 4.79 Å². The van der Waals surface area contributed by atoms with Gasteiger partial charge in [0.05, 0.1) is 16.6 Å². The zero-order chi connectivity index (χ0) is 21.4. The van der Waals surface area contributed by atoms with Gasteiger partial charge in [-0.25, -0.2) is 4.98 Å². The Kier molecular flexibility index (Phi) is 4.75. The van der Waals surface area contributed by atoms with Gasteiger partial charge in [-0.15, -0.1) is 0 Å². The summed E-state index contributed by atoms with van der Waals surface area (Å²) < 4.78 is 4.00. The van der Waals surface area contributed by atoms with E-state index in [1.165, 1.54) is 16.6 Å². The Bertz CT molecular complexity index is 1490. The molecular weight excluding hydrogens is 382 g/mol. The van der Waals surface area contributed by atoms with Crippen molar-refractivity contribution in [2.45, 2.75) is 20.4 Å². The second kappa shape index (κ2) is 7.73. The average molecular weight is 406 g/mol. The summed E-state index contributed by atoms with van der Waals surface area (Å²) in [5.74, 6) is 0.614. The highest BCUT2D eigenvalue weighted by atomic mass is 16.1. The third-order valence-corrected chi connectivity index (χ3v) is 5.81. The van der Waals surface area contributed by atoms with Gasteiger partial charge >= 0.3 is 0 Å². The van der Waals surface area contributed by atoms with Gasteiger partial charge in [0.1, 0.15) is 5.82 Å². The lowest BCUT2D eigenvalue weighted by Gasteiger charge is -2.11. The van der Waals surface area contributed by atoms with Crippen LogP contribution in [-0.4, -0.2) is 14.1 Å². The minimum Gasteiger partial charge on any atom is -0.345 e. The van der Waals surface area contributed by atoms with Gasteiger partial charge in [-0.3, -0.25) is 9.36 Å². The fourth-order valence-corrected chi connectivity index (χ4v) is 4.32. The first-order valence-electron chi connectivity index (χ1n) is 10.5. The van der Waals surface area contributed by atoms with Crippen molar-refractivity contribution < 1.29 is 0 Å². The van der Waals surface area contributed by atoms with Gasteiger partial charge in [0.2, 0.25) is 0 Å². The van der Waals surface area contributed by atoms with Crippen LogP contribution in [0.25, 0.3) is 39.6 Å². The molecule has 5 rings (SSSR count). The van der Waals surface area contributed by atoms with Crippen LogP contribution in [0.5, 0.6) is 0 Å². The lowest BCUT2D eigenvalue weighted by Crippen LogP contribution is -2.22. The Morgan fingerprint density at radius 3 is 2.29 bits per heavy atom. The van der Waals surface area contributed by atoms with Crippen LogP contribution in [0.4, 0.5) is 0 Å². The SMILES string of the molecule is CCn1c(C)c(C=Cc2nc3ccccc3c(=O)n2-c2ccccc2)c2ccccc21. The Hall–Kier alpha value is -3.92. The van der Waals surface area contributed by atoms with Gasteiger partial charge in [-0.2, -0.15) is 0 Å². The van der Waals surface area contributed by atoms with Crippen molar-refractivity contribution in [1.29, 1.82) is 0 Å². The molecule has 0 atom stereocenters. The molecular formula is C27H23N3O. The fraction of sp³-hybridized carbons (Fsp3) is 0.111. The highest BCUT2D eigenvalue weighted by Crippen LogP contribution is 2.27. The number of para-hydroxylation sites is 3. The molecule has 0 N–H and O–H groups in total. The molecule has 0 saturated heterocycles. The molecule has 31 heavy (non-hydrogen) atoms. The number of benzene rings is 3. The summed E-state index contributed by atoms with van der Waals surface area (Å²) in [5.41, 5.74) is 5.01. The van der Waals surface area contributed by atoms with Crippen LogP contribution in [0.1, 0.15) is 24.0 Å². The summed E-state index contributed by atoms with van der Waals surface area (Å²) in [7, 11) is 0. The van der Waals surface area contributed by atoms with E-state index in [0.717, 1.165) is 17.8 Å². The number of nitrogens with zero attached hydrogens (tertiary/aromatic N) is 3. The number of hydrogen-bond donors (Lipinski definition) is 0. The first-order chi connectivity index (χ1) is 15.2. The van der Waals surface area contributed by atoms with E-state index in [4.69, 9.17) is 4.98 Å². The largest absolute Gasteiger partial charge is 0.345 e. The summed E-state index contributed by atoms with van der Waals surface area (Å²) in [6.07, 6.45) is 4.04. The van der Waals surface area contributed by atoms with Crippen molar-refractivity contribution in [1.82, 2.24) is 14.1 Å². The molecule has 0 aliphatic carbocycles. The summed E-state index contributed by atoms with van der Waals surface area (Å²) in [6.45, 7) is 5.20. The molecule has 4 nitrogen and oxygen atoms in total. The van der Waals surface area contributed by atoms with Gasteiger partial charge in [-0.05, 0) is 56.3 Å². The van der Waals surface area contributed by atoms with E-state index >= 15 is 0 Å². The second-order valence-electron chi connectivity index (χ2n) is 7.56. The zero-order valence-corrected chi connectivity index (χ0v) is 17.6. The highest BCUT2D eigenvalue weighted by molar-refractivity contribution is 5.93. The number of fused-ring (bicyclic) bond motifs is 2. The zero-order valence-electron chi connectivity index (χ0n) is 17.6. The van der Waals surface area contributed by atoms with Crippen molar-refractivity contribution in [2.75, 3.05) is 0 Å². The third-order valence-electron chi connectivity index (χ3n) is 5.81. The Balaban J connectivity index is 1.75. The molecule has 0 fully saturated rings. The van der Waals surface area contributed by atoms with Crippen LogP contribution in [0.2, 0.25) is 0 Å². The Morgan fingerprint density at radius 2 is 1.52 bits per heavy atom. The number of aryl methyl sites for hydroxylation is 1. The average Bonchev–Trinajstić information content (AvgIpc) is 3.08. The summed E-state index contributed by atoms with van der Waals surface area (Å²) >= 11 is 0. The van der Waals surface area contributed by atoms with Gasteiger partial charge < -0.3 is 4.57 Å². The summed E-state index contributed by atoms with van der Waals surface area (Å²) in [4.78, 5) is 18.2. The molecule has 0 bridgehead atoms. The van der Waals surface area contributed by atoms with E-state index in [1.54, 1.807) is 4.57 Å². The van der Waals surface area contributed by atoms with Crippen LogP contribution in [-0.2, 0) is 6.54 Å². The summed E-state index contributed by atoms with van der Waals surface area (Å²) in [5, 5.41) is 1.81. The van der Waals surface area contributed by atoms with Gasteiger partial charge in [0, 0.05) is 28.7 Å². The lowest BCUT2D eigenvalue weighted by molar-refractivity contribution is 0.769. The maximum atomic E-state index is 13.4. The lowest BCUT2D eigenvalue weighted by atomic mass is 10.1. The molecule has 0 amide bonds. The predicted octanol–water partition coefficient (Wildman–Crippen LogP) is 5.84. The molecule has 0 aliphatic rings. The first-order valence-corrected chi connectivity index (χ1v) is 10.5. The van der Waals surface area contributed by atoms with E-state index in [-0.39, 0.29) is 5.56 Å². The maximum Gasteiger partial charge on any atom is 0.266 e. The van der Waals surface area contributed by atoms with Gasteiger partial charge in [0.15, 0.2) is 0 Å². The molecule has 2 aromatic heterocycles. The second-order valence-corrected chi connectivity index (χ2v) is 7.56. The highest BCUT2D eigenvalue weighted by Gasteiger charge is 2.13. The minimum atomic E-state index is -0.0656. The minimum absolute atomic E-state index is 0.0656.